The van der Waals surface area contributed by atoms with E-state index in [2.05, 4.69) is 20.4 Å². The molecule has 0 aliphatic carbocycles. The summed E-state index contributed by atoms with van der Waals surface area (Å²) < 4.78 is 10.9. The van der Waals surface area contributed by atoms with E-state index < -0.39 is 0 Å². The van der Waals surface area contributed by atoms with Crippen LogP contribution in [0.4, 0.5) is 5.82 Å². The number of carbonyl (C=O) groups excluding carboxylic acids is 1. The van der Waals surface area contributed by atoms with Crippen LogP contribution in [0.15, 0.2) is 16.9 Å². The first-order valence-electron chi connectivity index (χ1n) is 7.44. The van der Waals surface area contributed by atoms with Gasteiger partial charge in [-0.05, 0) is 13.8 Å². The molecule has 23 heavy (non-hydrogen) atoms. The van der Waals surface area contributed by atoms with Crippen molar-refractivity contribution in [1.82, 2.24) is 20.0 Å². The summed E-state index contributed by atoms with van der Waals surface area (Å²) >= 11 is 0. The van der Waals surface area contributed by atoms with Crippen LogP contribution in [0.3, 0.4) is 0 Å². The Morgan fingerprint density at radius 2 is 2.13 bits per heavy atom. The number of hydrogen-bond donors (Lipinski definition) is 1. The van der Waals surface area contributed by atoms with E-state index >= 15 is 0 Å². The molecule has 3 heterocycles. The number of hydrogen-bond acceptors (Lipinski definition) is 7. The van der Waals surface area contributed by atoms with Gasteiger partial charge < -0.3 is 19.5 Å². The molecule has 1 aliphatic rings. The Balaban J connectivity index is 1.82. The quantitative estimate of drug-likeness (QED) is 0.913. The van der Waals surface area contributed by atoms with Gasteiger partial charge in [-0.25, -0.2) is 4.98 Å². The molecule has 3 rings (SSSR count). The third-order valence-electron chi connectivity index (χ3n) is 3.87. The molecule has 8 heteroatoms. The fourth-order valence-electron chi connectivity index (χ4n) is 2.72. The highest BCUT2D eigenvalue weighted by molar-refractivity contribution is 5.96. The lowest BCUT2D eigenvalue weighted by Crippen LogP contribution is -2.43. The lowest BCUT2D eigenvalue weighted by atomic mass is 10.1. The summed E-state index contributed by atoms with van der Waals surface area (Å²) in [7, 11) is 1.78. The maximum atomic E-state index is 12.8. The van der Waals surface area contributed by atoms with Crippen molar-refractivity contribution in [1.29, 1.82) is 0 Å². The summed E-state index contributed by atoms with van der Waals surface area (Å²) in [6.07, 6.45) is 2.92. The van der Waals surface area contributed by atoms with Crippen molar-refractivity contribution in [3.05, 3.63) is 35.1 Å². The zero-order valence-electron chi connectivity index (χ0n) is 13.4. The third kappa shape index (κ3) is 2.89. The SMILES string of the molecule is CNc1nccnc1[C@H]1CN(C(=O)c2c(C)noc2C)CCO1. The lowest BCUT2D eigenvalue weighted by Gasteiger charge is -2.33. The summed E-state index contributed by atoms with van der Waals surface area (Å²) in [6.45, 7) is 4.89. The Morgan fingerprint density at radius 3 is 2.83 bits per heavy atom. The van der Waals surface area contributed by atoms with Gasteiger partial charge in [0.1, 0.15) is 28.9 Å². The highest BCUT2D eigenvalue weighted by Gasteiger charge is 2.31. The van der Waals surface area contributed by atoms with Gasteiger partial charge in [0.2, 0.25) is 0 Å². The molecule has 8 nitrogen and oxygen atoms in total. The fourth-order valence-corrected chi connectivity index (χ4v) is 2.72. The largest absolute Gasteiger partial charge is 0.372 e. The van der Waals surface area contributed by atoms with Crippen molar-refractivity contribution >= 4 is 11.7 Å². The van der Waals surface area contributed by atoms with Gasteiger partial charge >= 0.3 is 0 Å². The number of aryl methyl sites for hydroxylation is 2. The number of nitrogens with zero attached hydrogens (tertiary/aromatic N) is 4. The first-order chi connectivity index (χ1) is 11.1. The van der Waals surface area contributed by atoms with Crippen LogP contribution in [-0.4, -0.2) is 52.7 Å². The monoisotopic (exact) mass is 317 g/mol. The van der Waals surface area contributed by atoms with Crippen molar-refractivity contribution in [2.24, 2.45) is 0 Å². The van der Waals surface area contributed by atoms with Crippen LogP contribution in [0, 0.1) is 13.8 Å². The zero-order valence-corrected chi connectivity index (χ0v) is 13.4. The second-order valence-corrected chi connectivity index (χ2v) is 5.35. The average Bonchev–Trinajstić information content (AvgIpc) is 2.93. The molecule has 0 radical (unpaired) electrons. The third-order valence-corrected chi connectivity index (χ3v) is 3.87. The second-order valence-electron chi connectivity index (χ2n) is 5.35. The van der Waals surface area contributed by atoms with Crippen LogP contribution in [0.2, 0.25) is 0 Å². The van der Waals surface area contributed by atoms with Gasteiger partial charge in [-0.3, -0.25) is 9.78 Å². The van der Waals surface area contributed by atoms with Crippen LogP contribution in [0.25, 0.3) is 0 Å². The van der Waals surface area contributed by atoms with E-state index in [1.165, 1.54) is 0 Å². The van der Waals surface area contributed by atoms with E-state index in [1.54, 1.807) is 38.2 Å². The van der Waals surface area contributed by atoms with Crippen LogP contribution in [0.5, 0.6) is 0 Å². The van der Waals surface area contributed by atoms with E-state index in [1.807, 2.05) is 0 Å². The van der Waals surface area contributed by atoms with E-state index in [0.29, 0.717) is 48.2 Å². The van der Waals surface area contributed by atoms with Crippen molar-refractivity contribution < 1.29 is 14.1 Å². The van der Waals surface area contributed by atoms with E-state index in [0.717, 1.165) is 0 Å². The number of nitrogens with one attached hydrogen (secondary N) is 1. The maximum Gasteiger partial charge on any atom is 0.259 e. The van der Waals surface area contributed by atoms with Crippen LogP contribution < -0.4 is 5.32 Å². The van der Waals surface area contributed by atoms with Crippen LogP contribution in [-0.2, 0) is 4.74 Å². The maximum absolute atomic E-state index is 12.8. The molecule has 1 amide bonds. The number of rotatable bonds is 3. The zero-order chi connectivity index (χ0) is 16.4. The molecule has 2 aromatic heterocycles. The van der Waals surface area contributed by atoms with Crippen molar-refractivity contribution in [2.75, 3.05) is 32.1 Å². The highest BCUT2D eigenvalue weighted by Crippen LogP contribution is 2.26. The standard InChI is InChI=1S/C15H19N5O3/c1-9-12(10(2)23-19-9)15(21)20-6-7-22-11(8-20)13-14(16-3)18-5-4-17-13/h4-5,11H,6-8H2,1-3H3,(H,16,18)/t11-/m1/s1. The Labute approximate surface area is 133 Å². The molecule has 1 aliphatic heterocycles. The van der Waals surface area contributed by atoms with Crippen molar-refractivity contribution in [2.45, 2.75) is 20.0 Å². The predicted molar refractivity (Wildman–Crippen MR) is 82.2 cm³/mol. The minimum atomic E-state index is -0.315. The summed E-state index contributed by atoms with van der Waals surface area (Å²) in [5.74, 6) is 1.10. The van der Waals surface area contributed by atoms with Gasteiger partial charge in [0, 0.05) is 26.0 Å². The number of morpholine rings is 1. The summed E-state index contributed by atoms with van der Waals surface area (Å²) in [4.78, 5) is 23.1. The Bertz CT molecular complexity index is 695. The lowest BCUT2D eigenvalue weighted by molar-refractivity contribution is -0.0246. The van der Waals surface area contributed by atoms with Gasteiger partial charge in [0.05, 0.1) is 18.8 Å². The van der Waals surface area contributed by atoms with Gasteiger partial charge in [-0.15, -0.1) is 0 Å². The first kappa shape index (κ1) is 15.4. The molecule has 0 spiro atoms. The molecule has 1 N–H and O–H groups in total. The normalized spacial score (nSPS) is 18.0. The molecule has 0 unspecified atom stereocenters. The minimum absolute atomic E-state index is 0.0931. The fraction of sp³-hybridized carbons (Fsp3) is 0.467. The molecular weight excluding hydrogens is 298 g/mol. The Morgan fingerprint density at radius 1 is 1.35 bits per heavy atom. The summed E-state index contributed by atoms with van der Waals surface area (Å²) in [6, 6.07) is 0. The van der Waals surface area contributed by atoms with Crippen molar-refractivity contribution in [3.63, 3.8) is 0 Å². The molecule has 0 saturated carbocycles. The van der Waals surface area contributed by atoms with E-state index in [9.17, 15) is 4.79 Å². The predicted octanol–water partition coefficient (Wildman–Crippen LogP) is 1.34. The molecular formula is C15H19N5O3. The minimum Gasteiger partial charge on any atom is -0.372 e. The molecule has 122 valence electrons. The molecule has 0 bridgehead atoms. The molecule has 1 fully saturated rings. The smallest absolute Gasteiger partial charge is 0.259 e. The number of amides is 1. The number of aromatic nitrogens is 3. The van der Waals surface area contributed by atoms with E-state index in [-0.39, 0.29) is 12.0 Å². The van der Waals surface area contributed by atoms with E-state index in [4.69, 9.17) is 9.26 Å². The highest BCUT2D eigenvalue weighted by atomic mass is 16.5. The number of anilines is 1. The van der Waals surface area contributed by atoms with Gasteiger partial charge in [0.25, 0.3) is 5.91 Å². The molecule has 2 aromatic rings. The Kier molecular flexibility index (Phi) is 4.24. The molecule has 0 aromatic carbocycles. The molecule has 1 saturated heterocycles. The van der Waals surface area contributed by atoms with Crippen molar-refractivity contribution in [3.8, 4) is 0 Å². The van der Waals surface area contributed by atoms with Crippen LogP contribution >= 0.6 is 0 Å². The van der Waals surface area contributed by atoms with Gasteiger partial charge in [-0.2, -0.15) is 0 Å². The van der Waals surface area contributed by atoms with Crippen LogP contribution in [0.1, 0.15) is 33.6 Å². The topological polar surface area (TPSA) is 93.4 Å². The molecule has 1 atom stereocenters. The van der Waals surface area contributed by atoms with Gasteiger partial charge in [-0.1, -0.05) is 5.16 Å². The second kappa shape index (κ2) is 6.33. The average molecular weight is 317 g/mol. The summed E-state index contributed by atoms with van der Waals surface area (Å²) in [5.41, 5.74) is 1.83. The number of ether oxygens (including phenoxy) is 1. The van der Waals surface area contributed by atoms with Gasteiger partial charge in [0.15, 0.2) is 0 Å². The number of carbonyl (C=O) groups is 1. The summed E-state index contributed by atoms with van der Waals surface area (Å²) in [5, 5.41) is 6.85. The Hall–Kier alpha value is -2.48. The first-order valence-corrected chi connectivity index (χ1v) is 7.44.